The Hall–Kier alpha value is -2.43. The first-order valence-corrected chi connectivity index (χ1v) is 4.98. The van der Waals surface area contributed by atoms with Gasteiger partial charge in [0.1, 0.15) is 5.69 Å². The summed E-state index contributed by atoms with van der Waals surface area (Å²) < 4.78 is 4.99. The fourth-order valence-corrected chi connectivity index (χ4v) is 1.45. The predicted molar refractivity (Wildman–Crippen MR) is 62.5 cm³/mol. The zero-order chi connectivity index (χ0) is 12.3. The van der Waals surface area contributed by atoms with Crippen LogP contribution in [0.15, 0.2) is 36.5 Å². The Morgan fingerprint density at radius 2 is 2.00 bits per heavy atom. The van der Waals surface area contributed by atoms with E-state index in [1.165, 1.54) is 13.3 Å². The van der Waals surface area contributed by atoms with E-state index >= 15 is 0 Å². The largest absolute Gasteiger partial charge is 0.480 e. The number of amides is 1. The molecule has 0 radical (unpaired) electrons. The molecule has 0 saturated heterocycles. The van der Waals surface area contributed by atoms with Gasteiger partial charge in [0, 0.05) is 5.56 Å². The summed E-state index contributed by atoms with van der Waals surface area (Å²) in [6, 6.07) is 9.23. The van der Waals surface area contributed by atoms with Crippen molar-refractivity contribution in [3.05, 3.63) is 42.2 Å². The molecule has 5 nitrogen and oxygen atoms in total. The van der Waals surface area contributed by atoms with Gasteiger partial charge in [0.2, 0.25) is 5.88 Å². The van der Waals surface area contributed by atoms with Crippen LogP contribution in [0.1, 0.15) is 10.5 Å². The molecule has 1 amide bonds. The van der Waals surface area contributed by atoms with Gasteiger partial charge < -0.3 is 10.5 Å². The van der Waals surface area contributed by atoms with Gasteiger partial charge in [-0.1, -0.05) is 30.3 Å². The fourth-order valence-electron chi connectivity index (χ4n) is 1.45. The van der Waals surface area contributed by atoms with Crippen molar-refractivity contribution in [3.8, 4) is 17.1 Å². The van der Waals surface area contributed by atoms with Crippen LogP contribution >= 0.6 is 0 Å². The van der Waals surface area contributed by atoms with Crippen LogP contribution in [0.3, 0.4) is 0 Å². The van der Waals surface area contributed by atoms with Crippen molar-refractivity contribution < 1.29 is 9.53 Å². The van der Waals surface area contributed by atoms with Crippen LogP contribution in [0.2, 0.25) is 0 Å². The molecule has 86 valence electrons. The molecule has 0 aliphatic rings. The maximum atomic E-state index is 11.3. The number of rotatable bonds is 3. The third-order valence-electron chi connectivity index (χ3n) is 2.24. The van der Waals surface area contributed by atoms with Crippen molar-refractivity contribution in [1.82, 2.24) is 9.97 Å². The van der Waals surface area contributed by atoms with Gasteiger partial charge in [0.25, 0.3) is 5.91 Å². The Balaban J connectivity index is 2.61. The van der Waals surface area contributed by atoms with E-state index in [9.17, 15) is 4.79 Å². The number of benzene rings is 1. The molecule has 5 heteroatoms. The Morgan fingerprint density at radius 3 is 2.59 bits per heavy atom. The molecule has 2 N–H and O–H groups in total. The lowest BCUT2D eigenvalue weighted by Crippen LogP contribution is -2.15. The number of primary amides is 1. The number of aromatic nitrogens is 2. The molecule has 0 saturated carbocycles. The molecule has 1 heterocycles. The fraction of sp³-hybridized carbons (Fsp3) is 0.0833. The summed E-state index contributed by atoms with van der Waals surface area (Å²) in [6.07, 6.45) is 1.37. The lowest BCUT2D eigenvalue weighted by Gasteiger charge is -2.06. The maximum Gasteiger partial charge on any atom is 0.269 e. The Bertz CT molecular complexity index is 541. The van der Waals surface area contributed by atoms with Crippen LogP contribution in [0.5, 0.6) is 5.88 Å². The lowest BCUT2D eigenvalue weighted by atomic mass is 10.1. The van der Waals surface area contributed by atoms with Crippen molar-refractivity contribution >= 4 is 5.91 Å². The van der Waals surface area contributed by atoms with Gasteiger partial charge in [-0.05, 0) is 0 Å². The van der Waals surface area contributed by atoms with Crippen LogP contribution in [-0.4, -0.2) is 23.0 Å². The monoisotopic (exact) mass is 229 g/mol. The predicted octanol–water partition coefficient (Wildman–Crippen LogP) is 1.25. The second kappa shape index (κ2) is 4.61. The van der Waals surface area contributed by atoms with Gasteiger partial charge in [-0.3, -0.25) is 4.79 Å². The van der Waals surface area contributed by atoms with Gasteiger partial charge in [-0.25, -0.2) is 9.97 Å². The summed E-state index contributed by atoms with van der Waals surface area (Å²) in [5.74, 6) is -0.271. The first-order valence-electron chi connectivity index (χ1n) is 4.98. The van der Waals surface area contributed by atoms with E-state index in [1.54, 1.807) is 0 Å². The van der Waals surface area contributed by atoms with Crippen LogP contribution in [0, 0.1) is 0 Å². The van der Waals surface area contributed by atoms with Crippen molar-refractivity contribution in [2.24, 2.45) is 5.73 Å². The molecule has 17 heavy (non-hydrogen) atoms. The summed E-state index contributed by atoms with van der Waals surface area (Å²) in [5.41, 5.74) is 6.60. The first-order chi connectivity index (χ1) is 8.22. The van der Waals surface area contributed by atoms with Crippen LogP contribution in [0.25, 0.3) is 11.3 Å². The SMILES string of the molecule is COc1cnc(C(N)=O)c(-c2ccccc2)n1. The Labute approximate surface area is 98.3 Å². The molecule has 0 fully saturated rings. The van der Waals surface area contributed by atoms with Crippen molar-refractivity contribution in [3.63, 3.8) is 0 Å². The quantitative estimate of drug-likeness (QED) is 0.859. The number of nitrogens with two attached hydrogens (primary N) is 1. The van der Waals surface area contributed by atoms with E-state index in [0.717, 1.165) is 5.56 Å². The third kappa shape index (κ3) is 2.23. The normalized spacial score (nSPS) is 9.94. The molecule has 0 spiro atoms. The minimum Gasteiger partial charge on any atom is -0.480 e. The van der Waals surface area contributed by atoms with E-state index in [4.69, 9.17) is 10.5 Å². The smallest absolute Gasteiger partial charge is 0.269 e. The van der Waals surface area contributed by atoms with Crippen LogP contribution < -0.4 is 10.5 Å². The lowest BCUT2D eigenvalue weighted by molar-refractivity contribution is 0.0996. The highest BCUT2D eigenvalue weighted by Gasteiger charge is 2.14. The first kappa shape index (κ1) is 11.1. The molecule has 0 unspecified atom stereocenters. The topological polar surface area (TPSA) is 78.1 Å². The highest BCUT2D eigenvalue weighted by Crippen LogP contribution is 2.21. The highest BCUT2D eigenvalue weighted by molar-refractivity contribution is 5.96. The summed E-state index contributed by atoms with van der Waals surface area (Å²) in [5, 5.41) is 0. The average molecular weight is 229 g/mol. The molecular weight excluding hydrogens is 218 g/mol. The molecular formula is C12H11N3O2. The number of methoxy groups -OCH3 is 1. The second-order valence-electron chi connectivity index (χ2n) is 3.34. The van der Waals surface area contributed by atoms with E-state index in [0.29, 0.717) is 11.6 Å². The van der Waals surface area contributed by atoms with Crippen molar-refractivity contribution in [2.45, 2.75) is 0 Å². The number of hydrogen-bond acceptors (Lipinski definition) is 4. The summed E-state index contributed by atoms with van der Waals surface area (Å²) in [6.45, 7) is 0. The standard InChI is InChI=1S/C12H11N3O2/c1-17-9-7-14-11(12(13)16)10(15-9)8-5-3-2-4-6-8/h2-7H,1H3,(H2,13,16). The highest BCUT2D eigenvalue weighted by atomic mass is 16.5. The maximum absolute atomic E-state index is 11.3. The molecule has 0 aliphatic heterocycles. The third-order valence-corrected chi connectivity index (χ3v) is 2.24. The van der Waals surface area contributed by atoms with E-state index in [-0.39, 0.29) is 5.69 Å². The number of nitrogens with zero attached hydrogens (tertiary/aromatic N) is 2. The van der Waals surface area contributed by atoms with Crippen LogP contribution in [-0.2, 0) is 0 Å². The van der Waals surface area contributed by atoms with E-state index < -0.39 is 5.91 Å². The minimum absolute atomic E-state index is 0.136. The van der Waals surface area contributed by atoms with Gasteiger partial charge in [0.15, 0.2) is 5.69 Å². The molecule has 0 bridgehead atoms. The molecule has 1 aromatic heterocycles. The van der Waals surface area contributed by atoms with Gasteiger partial charge in [0.05, 0.1) is 13.3 Å². The Morgan fingerprint density at radius 1 is 1.29 bits per heavy atom. The summed E-state index contributed by atoms with van der Waals surface area (Å²) in [7, 11) is 1.49. The number of hydrogen-bond donors (Lipinski definition) is 1. The van der Waals surface area contributed by atoms with E-state index in [1.807, 2.05) is 30.3 Å². The number of carbonyl (C=O) groups excluding carboxylic acids is 1. The average Bonchev–Trinajstić information content (AvgIpc) is 2.39. The second-order valence-corrected chi connectivity index (χ2v) is 3.34. The minimum atomic E-state index is -0.612. The summed E-state index contributed by atoms with van der Waals surface area (Å²) in [4.78, 5) is 19.4. The van der Waals surface area contributed by atoms with E-state index in [2.05, 4.69) is 9.97 Å². The Kier molecular flexibility index (Phi) is 3.00. The van der Waals surface area contributed by atoms with Gasteiger partial charge in [-0.15, -0.1) is 0 Å². The molecule has 2 rings (SSSR count). The van der Waals surface area contributed by atoms with Gasteiger partial charge >= 0.3 is 0 Å². The van der Waals surface area contributed by atoms with Crippen LogP contribution in [0.4, 0.5) is 0 Å². The molecule has 1 aromatic carbocycles. The van der Waals surface area contributed by atoms with Crippen molar-refractivity contribution in [2.75, 3.05) is 7.11 Å². The van der Waals surface area contributed by atoms with Gasteiger partial charge in [-0.2, -0.15) is 0 Å². The van der Waals surface area contributed by atoms with Crippen molar-refractivity contribution in [1.29, 1.82) is 0 Å². The number of carbonyl (C=O) groups is 1. The zero-order valence-electron chi connectivity index (χ0n) is 9.25. The molecule has 0 aliphatic carbocycles. The summed E-state index contributed by atoms with van der Waals surface area (Å²) >= 11 is 0. The number of ether oxygens (including phenoxy) is 1. The molecule has 0 atom stereocenters. The molecule has 2 aromatic rings. The zero-order valence-corrected chi connectivity index (χ0v) is 9.25.